The van der Waals surface area contributed by atoms with E-state index in [2.05, 4.69) is 37.4 Å². The van der Waals surface area contributed by atoms with Gasteiger partial charge in [0.15, 0.2) is 0 Å². The summed E-state index contributed by atoms with van der Waals surface area (Å²) in [5.41, 5.74) is 4.91. The maximum Gasteiger partial charge on any atom is 0.264 e. The largest absolute Gasteiger partial charge is 0.350 e. The average molecular weight is 497 g/mol. The number of thioether (sulfide) groups is 1. The number of sulfonamides is 1. The van der Waals surface area contributed by atoms with Crippen LogP contribution < -0.4 is 9.62 Å². The molecule has 0 atom stereocenters. The summed E-state index contributed by atoms with van der Waals surface area (Å²) >= 11 is 1.54. The summed E-state index contributed by atoms with van der Waals surface area (Å²) in [7, 11) is -3.93. The van der Waals surface area contributed by atoms with E-state index in [0.717, 1.165) is 28.9 Å². The van der Waals surface area contributed by atoms with E-state index in [1.54, 1.807) is 48.2 Å². The molecule has 3 rings (SSSR count). The van der Waals surface area contributed by atoms with Crippen molar-refractivity contribution in [2.24, 2.45) is 0 Å². The average Bonchev–Trinajstić information content (AvgIpc) is 2.86. The van der Waals surface area contributed by atoms with Crippen LogP contribution >= 0.6 is 11.8 Å². The molecule has 0 aliphatic carbocycles. The number of amides is 1. The Labute approximate surface area is 207 Å². The van der Waals surface area contributed by atoms with Crippen LogP contribution in [-0.4, -0.2) is 27.1 Å². The minimum Gasteiger partial charge on any atom is -0.350 e. The van der Waals surface area contributed by atoms with E-state index in [-0.39, 0.29) is 17.3 Å². The van der Waals surface area contributed by atoms with Crippen molar-refractivity contribution in [2.75, 3.05) is 17.1 Å². The molecule has 1 amide bonds. The molecule has 0 bridgehead atoms. The second-order valence-corrected chi connectivity index (χ2v) is 10.9. The Morgan fingerprint density at radius 1 is 0.912 bits per heavy atom. The van der Waals surface area contributed by atoms with Crippen LogP contribution in [0.15, 0.2) is 76.5 Å². The Morgan fingerprint density at radius 2 is 1.59 bits per heavy atom. The number of benzene rings is 3. The first-order valence-electron chi connectivity index (χ1n) is 11.4. The molecule has 180 valence electrons. The number of nitrogens with zero attached hydrogens (tertiary/aromatic N) is 1. The quantitative estimate of drug-likeness (QED) is 0.384. The van der Waals surface area contributed by atoms with Gasteiger partial charge in [0.1, 0.15) is 6.54 Å². The third-order valence-electron chi connectivity index (χ3n) is 5.79. The molecule has 0 spiro atoms. The van der Waals surface area contributed by atoms with Gasteiger partial charge in [0.05, 0.1) is 10.6 Å². The van der Waals surface area contributed by atoms with Gasteiger partial charge in [-0.2, -0.15) is 0 Å². The summed E-state index contributed by atoms with van der Waals surface area (Å²) in [5, 5.41) is 2.93. The van der Waals surface area contributed by atoms with Gasteiger partial charge < -0.3 is 5.32 Å². The smallest absolute Gasteiger partial charge is 0.264 e. The van der Waals surface area contributed by atoms with Crippen molar-refractivity contribution < 1.29 is 13.2 Å². The third-order valence-corrected chi connectivity index (χ3v) is 8.32. The summed E-state index contributed by atoms with van der Waals surface area (Å²) in [6, 6.07) is 20.2. The van der Waals surface area contributed by atoms with Gasteiger partial charge in [0.2, 0.25) is 5.91 Å². The van der Waals surface area contributed by atoms with Crippen LogP contribution in [-0.2, 0) is 34.2 Å². The van der Waals surface area contributed by atoms with Gasteiger partial charge in [0.25, 0.3) is 10.0 Å². The summed E-state index contributed by atoms with van der Waals surface area (Å²) in [6.07, 6.45) is 3.72. The molecule has 5 nitrogen and oxygen atoms in total. The monoisotopic (exact) mass is 496 g/mol. The van der Waals surface area contributed by atoms with E-state index in [1.807, 2.05) is 25.3 Å². The Kier molecular flexibility index (Phi) is 8.80. The van der Waals surface area contributed by atoms with Crippen molar-refractivity contribution in [1.29, 1.82) is 0 Å². The number of anilines is 1. The van der Waals surface area contributed by atoms with Crippen molar-refractivity contribution in [2.45, 2.75) is 49.9 Å². The number of hydrogen-bond donors (Lipinski definition) is 1. The van der Waals surface area contributed by atoms with Crippen molar-refractivity contribution in [1.82, 2.24) is 5.32 Å². The number of hydrogen-bond acceptors (Lipinski definition) is 4. The molecule has 1 N–H and O–H groups in total. The Bertz CT molecular complexity index is 1220. The molecule has 0 aliphatic rings. The topological polar surface area (TPSA) is 66.5 Å². The summed E-state index contributed by atoms with van der Waals surface area (Å²) in [4.78, 5) is 14.1. The SMILES string of the molecule is CCc1ccc(CC)c(CNC(=O)CN(c2ccc(C)cc2)S(=O)(=O)c2ccc(SC)cc2)c1. The number of nitrogens with one attached hydrogen (secondary N) is 1. The molecule has 0 saturated heterocycles. The molecule has 3 aromatic rings. The van der Waals surface area contributed by atoms with Crippen LogP contribution in [0.4, 0.5) is 5.69 Å². The number of carbonyl (C=O) groups excluding carboxylic acids is 1. The van der Waals surface area contributed by atoms with E-state index in [4.69, 9.17) is 0 Å². The highest BCUT2D eigenvalue weighted by Crippen LogP contribution is 2.26. The lowest BCUT2D eigenvalue weighted by molar-refractivity contribution is -0.119. The lowest BCUT2D eigenvalue weighted by Crippen LogP contribution is -2.40. The predicted molar refractivity (Wildman–Crippen MR) is 141 cm³/mol. The molecule has 0 saturated carbocycles. The first-order valence-corrected chi connectivity index (χ1v) is 14.1. The third kappa shape index (κ3) is 6.21. The molecule has 3 aromatic carbocycles. The number of carbonyl (C=O) groups is 1. The lowest BCUT2D eigenvalue weighted by atomic mass is 10.0. The zero-order chi connectivity index (χ0) is 24.7. The Hall–Kier alpha value is -2.77. The molecule has 0 heterocycles. The minimum atomic E-state index is -3.93. The summed E-state index contributed by atoms with van der Waals surface area (Å²) in [5.74, 6) is -0.353. The van der Waals surface area contributed by atoms with E-state index in [9.17, 15) is 13.2 Å². The molecule has 0 aromatic heterocycles. The zero-order valence-electron chi connectivity index (χ0n) is 20.2. The van der Waals surface area contributed by atoms with Gasteiger partial charge in [-0.15, -0.1) is 11.8 Å². The molecule has 34 heavy (non-hydrogen) atoms. The first-order chi connectivity index (χ1) is 16.3. The first kappa shape index (κ1) is 25.8. The van der Waals surface area contributed by atoms with Gasteiger partial charge in [-0.25, -0.2) is 8.42 Å². The fourth-order valence-electron chi connectivity index (χ4n) is 3.69. The van der Waals surface area contributed by atoms with Crippen LogP contribution in [0.5, 0.6) is 0 Å². The molecular weight excluding hydrogens is 464 g/mol. The highest BCUT2D eigenvalue weighted by atomic mass is 32.2. The summed E-state index contributed by atoms with van der Waals surface area (Å²) in [6.45, 7) is 6.18. The van der Waals surface area contributed by atoms with Crippen molar-refractivity contribution in [3.63, 3.8) is 0 Å². The Morgan fingerprint density at radius 3 is 2.18 bits per heavy atom. The summed E-state index contributed by atoms with van der Waals surface area (Å²) < 4.78 is 28.3. The van der Waals surface area contributed by atoms with Crippen LogP contribution in [0, 0.1) is 6.92 Å². The van der Waals surface area contributed by atoms with Gasteiger partial charge in [-0.1, -0.05) is 49.7 Å². The standard InChI is InChI=1S/C27H32N2O3S2/c1-5-21-9-10-22(6-2)23(17-21)18-28-27(30)19-29(24-11-7-20(3)8-12-24)34(31,32)26-15-13-25(33-4)14-16-26/h7-17H,5-6,18-19H2,1-4H3,(H,28,30). The van der Waals surface area contributed by atoms with E-state index < -0.39 is 10.0 Å². The van der Waals surface area contributed by atoms with Crippen molar-refractivity contribution in [3.8, 4) is 0 Å². The molecule has 0 radical (unpaired) electrons. The lowest BCUT2D eigenvalue weighted by Gasteiger charge is -2.24. The van der Waals surface area contributed by atoms with Gasteiger partial charge >= 0.3 is 0 Å². The van der Waals surface area contributed by atoms with E-state index in [1.165, 1.54) is 15.4 Å². The second-order valence-electron chi connectivity index (χ2n) is 8.11. The van der Waals surface area contributed by atoms with Gasteiger partial charge in [-0.3, -0.25) is 9.10 Å². The molecule has 7 heteroatoms. The van der Waals surface area contributed by atoms with Gasteiger partial charge in [-0.05, 0) is 79.1 Å². The second kappa shape index (κ2) is 11.6. The van der Waals surface area contributed by atoms with Crippen LogP contribution in [0.1, 0.15) is 36.1 Å². The number of aryl methyl sites for hydroxylation is 3. The molecule has 0 fully saturated rings. The van der Waals surface area contributed by atoms with E-state index in [0.29, 0.717) is 12.2 Å². The fraction of sp³-hybridized carbons (Fsp3) is 0.296. The van der Waals surface area contributed by atoms with Crippen LogP contribution in [0.3, 0.4) is 0 Å². The fourth-order valence-corrected chi connectivity index (χ4v) is 5.52. The zero-order valence-corrected chi connectivity index (χ0v) is 21.8. The van der Waals surface area contributed by atoms with Crippen LogP contribution in [0.2, 0.25) is 0 Å². The highest BCUT2D eigenvalue weighted by molar-refractivity contribution is 7.98. The predicted octanol–water partition coefficient (Wildman–Crippen LogP) is 5.35. The molecule has 0 aliphatic heterocycles. The molecular formula is C27H32N2O3S2. The highest BCUT2D eigenvalue weighted by Gasteiger charge is 2.27. The van der Waals surface area contributed by atoms with E-state index >= 15 is 0 Å². The van der Waals surface area contributed by atoms with Gasteiger partial charge in [0, 0.05) is 11.4 Å². The van der Waals surface area contributed by atoms with Crippen molar-refractivity contribution >= 4 is 33.4 Å². The van der Waals surface area contributed by atoms with Crippen molar-refractivity contribution in [3.05, 3.63) is 89.0 Å². The Balaban J connectivity index is 1.86. The normalized spacial score (nSPS) is 11.3. The molecule has 0 unspecified atom stereocenters. The number of rotatable bonds is 10. The van der Waals surface area contributed by atoms with Crippen LogP contribution in [0.25, 0.3) is 0 Å². The maximum atomic E-state index is 13.6. The minimum absolute atomic E-state index is 0.155. The maximum absolute atomic E-state index is 13.6.